The van der Waals surface area contributed by atoms with Gasteiger partial charge in [-0.25, -0.2) is 9.18 Å². The van der Waals surface area contributed by atoms with Gasteiger partial charge >= 0.3 is 5.69 Å². The van der Waals surface area contributed by atoms with E-state index in [-0.39, 0.29) is 23.8 Å². The number of nitrogens with one attached hydrogen (secondary N) is 1. The van der Waals surface area contributed by atoms with E-state index in [0.717, 1.165) is 0 Å². The lowest BCUT2D eigenvalue weighted by molar-refractivity contribution is 0.590. The van der Waals surface area contributed by atoms with Crippen LogP contribution in [-0.2, 0) is 6.54 Å². The maximum absolute atomic E-state index is 13.6. The summed E-state index contributed by atoms with van der Waals surface area (Å²) in [6.45, 7) is 3.83. The smallest absolute Gasteiger partial charge is 0.296 e. The number of benzene rings is 1. The van der Waals surface area contributed by atoms with Crippen LogP contribution in [0.1, 0.15) is 30.9 Å². The topological polar surface area (TPSA) is 54.9 Å². The zero-order chi connectivity index (χ0) is 14.0. The van der Waals surface area contributed by atoms with Crippen molar-refractivity contribution in [2.24, 2.45) is 0 Å². The number of hydrogen-bond donors (Lipinski definition) is 1. The van der Waals surface area contributed by atoms with E-state index in [1.807, 2.05) is 13.8 Å². The predicted octanol–water partition coefficient (Wildman–Crippen LogP) is 1.85. The third-order valence-corrected chi connectivity index (χ3v) is 2.96. The summed E-state index contributed by atoms with van der Waals surface area (Å²) in [5, 5.41) is 0. The Morgan fingerprint density at radius 1 is 1.26 bits per heavy atom. The fourth-order valence-corrected chi connectivity index (χ4v) is 1.87. The number of aromatic amines is 1. The molecule has 100 valence electrons. The number of rotatable bonds is 3. The monoisotopic (exact) mass is 262 g/mol. The second-order valence-electron chi connectivity index (χ2n) is 4.72. The molecule has 19 heavy (non-hydrogen) atoms. The third kappa shape index (κ3) is 2.81. The molecule has 1 aromatic carbocycles. The molecule has 0 aliphatic carbocycles. The Hall–Kier alpha value is -2.17. The van der Waals surface area contributed by atoms with Gasteiger partial charge in [-0.1, -0.05) is 32.0 Å². The molecule has 0 amide bonds. The third-order valence-electron chi connectivity index (χ3n) is 2.96. The largest absolute Gasteiger partial charge is 0.328 e. The summed E-state index contributed by atoms with van der Waals surface area (Å²) < 4.78 is 14.9. The summed E-state index contributed by atoms with van der Waals surface area (Å²) >= 11 is 0. The van der Waals surface area contributed by atoms with E-state index >= 15 is 0 Å². The van der Waals surface area contributed by atoms with Gasteiger partial charge in [-0.2, -0.15) is 0 Å². The Kier molecular flexibility index (Phi) is 3.64. The molecule has 0 atom stereocenters. The van der Waals surface area contributed by atoms with Gasteiger partial charge in [0.25, 0.3) is 5.56 Å². The molecule has 0 aliphatic rings. The first-order valence-electron chi connectivity index (χ1n) is 6.06. The van der Waals surface area contributed by atoms with Crippen LogP contribution in [0.3, 0.4) is 0 Å². The lowest BCUT2D eigenvalue weighted by Crippen LogP contribution is -2.32. The highest BCUT2D eigenvalue weighted by molar-refractivity contribution is 5.18. The van der Waals surface area contributed by atoms with Crippen molar-refractivity contribution >= 4 is 0 Å². The molecule has 2 aromatic rings. The van der Waals surface area contributed by atoms with E-state index in [1.165, 1.54) is 16.8 Å². The Labute approximate surface area is 109 Å². The maximum atomic E-state index is 13.6. The van der Waals surface area contributed by atoms with Crippen molar-refractivity contribution in [1.29, 1.82) is 0 Å². The average molecular weight is 262 g/mol. The van der Waals surface area contributed by atoms with Gasteiger partial charge in [0.15, 0.2) is 0 Å². The van der Waals surface area contributed by atoms with Crippen molar-refractivity contribution < 1.29 is 4.39 Å². The van der Waals surface area contributed by atoms with Gasteiger partial charge in [0.1, 0.15) is 5.82 Å². The van der Waals surface area contributed by atoms with Crippen molar-refractivity contribution in [3.63, 3.8) is 0 Å². The molecular formula is C14H15FN2O2. The molecule has 0 spiro atoms. The maximum Gasteiger partial charge on any atom is 0.328 e. The van der Waals surface area contributed by atoms with Crippen LogP contribution in [0.5, 0.6) is 0 Å². The van der Waals surface area contributed by atoms with E-state index < -0.39 is 5.69 Å². The Morgan fingerprint density at radius 2 is 1.95 bits per heavy atom. The summed E-state index contributed by atoms with van der Waals surface area (Å²) in [5.74, 6) is -0.372. The van der Waals surface area contributed by atoms with Gasteiger partial charge < -0.3 is 0 Å². The van der Waals surface area contributed by atoms with Crippen molar-refractivity contribution in [3.05, 3.63) is 68.2 Å². The predicted molar refractivity (Wildman–Crippen MR) is 70.9 cm³/mol. The van der Waals surface area contributed by atoms with Crippen molar-refractivity contribution in [3.8, 4) is 0 Å². The summed E-state index contributed by atoms with van der Waals surface area (Å²) in [7, 11) is 0. The molecule has 1 N–H and O–H groups in total. The molecule has 0 saturated heterocycles. The molecular weight excluding hydrogens is 247 g/mol. The van der Waals surface area contributed by atoms with Gasteiger partial charge in [0, 0.05) is 17.3 Å². The van der Waals surface area contributed by atoms with Gasteiger partial charge in [-0.3, -0.25) is 14.3 Å². The minimum Gasteiger partial charge on any atom is -0.296 e. The number of halogens is 1. The number of nitrogens with zero attached hydrogens (tertiary/aromatic N) is 1. The van der Waals surface area contributed by atoms with Gasteiger partial charge in [-0.15, -0.1) is 0 Å². The summed E-state index contributed by atoms with van der Waals surface area (Å²) in [6, 6.07) is 6.25. The first kappa shape index (κ1) is 13.3. The Bertz CT molecular complexity index is 701. The van der Waals surface area contributed by atoms with Crippen LogP contribution in [0.4, 0.5) is 4.39 Å². The molecule has 2 rings (SSSR count). The minimum absolute atomic E-state index is 0.00350. The number of hydrogen-bond acceptors (Lipinski definition) is 2. The fraction of sp³-hybridized carbons (Fsp3) is 0.286. The lowest BCUT2D eigenvalue weighted by Gasteiger charge is -2.10. The van der Waals surface area contributed by atoms with Crippen LogP contribution < -0.4 is 11.2 Å². The van der Waals surface area contributed by atoms with Crippen molar-refractivity contribution in [2.75, 3.05) is 0 Å². The second kappa shape index (κ2) is 5.22. The van der Waals surface area contributed by atoms with E-state index in [4.69, 9.17) is 0 Å². The van der Waals surface area contributed by atoms with Crippen LogP contribution in [0, 0.1) is 5.82 Å². The summed E-state index contributed by atoms with van der Waals surface area (Å²) in [4.78, 5) is 25.6. The van der Waals surface area contributed by atoms with Crippen molar-refractivity contribution in [1.82, 2.24) is 9.55 Å². The Morgan fingerprint density at radius 3 is 2.58 bits per heavy atom. The van der Waals surface area contributed by atoms with Crippen molar-refractivity contribution in [2.45, 2.75) is 26.3 Å². The van der Waals surface area contributed by atoms with Gasteiger partial charge in [0.05, 0.1) is 6.54 Å². The molecule has 5 heteroatoms. The lowest BCUT2D eigenvalue weighted by atomic mass is 10.1. The van der Waals surface area contributed by atoms with E-state index in [0.29, 0.717) is 11.1 Å². The number of aromatic nitrogens is 2. The zero-order valence-electron chi connectivity index (χ0n) is 10.8. The van der Waals surface area contributed by atoms with Crippen LogP contribution in [0.2, 0.25) is 0 Å². The van der Waals surface area contributed by atoms with Crippen LogP contribution in [-0.4, -0.2) is 9.55 Å². The molecule has 0 bridgehead atoms. The standard InChI is InChI=1S/C14H15FN2O2/c1-9(2)11-8-17(14(19)16-13(11)18)7-10-5-3-4-6-12(10)15/h3-6,8-9H,7H2,1-2H3,(H,16,18,19). The van der Waals surface area contributed by atoms with Crippen LogP contribution in [0.25, 0.3) is 0 Å². The molecule has 0 unspecified atom stereocenters. The number of H-pyrrole nitrogens is 1. The van der Waals surface area contributed by atoms with E-state index in [9.17, 15) is 14.0 Å². The fourth-order valence-electron chi connectivity index (χ4n) is 1.87. The first-order chi connectivity index (χ1) is 8.99. The second-order valence-corrected chi connectivity index (χ2v) is 4.72. The minimum atomic E-state index is -0.530. The summed E-state index contributed by atoms with van der Waals surface area (Å²) in [6.07, 6.45) is 1.50. The molecule has 0 aliphatic heterocycles. The van der Waals surface area contributed by atoms with Gasteiger partial charge in [0.2, 0.25) is 0 Å². The normalized spacial score (nSPS) is 10.9. The molecule has 1 heterocycles. The highest BCUT2D eigenvalue weighted by atomic mass is 19.1. The summed E-state index contributed by atoms with van der Waals surface area (Å²) in [5.41, 5.74) is 0.00438. The van der Waals surface area contributed by atoms with E-state index in [1.54, 1.807) is 18.2 Å². The highest BCUT2D eigenvalue weighted by Gasteiger charge is 2.09. The molecule has 0 radical (unpaired) electrons. The van der Waals surface area contributed by atoms with Crippen LogP contribution in [0.15, 0.2) is 40.1 Å². The molecule has 0 saturated carbocycles. The Balaban J connectivity index is 2.47. The van der Waals surface area contributed by atoms with Gasteiger partial charge in [-0.05, 0) is 12.0 Å². The average Bonchev–Trinajstić information content (AvgIpc) is 2.34. The SMILES string of the molecule is CC(C)c1cn(Cc2ccccc2F)c(=O)[nH]c1=O. The highest BCUT2D eigenvalue weighted by Crippen LogP contribution is 2.10. The quantitative estimate of drug-likeness (QED) is 0.917. The first-order valence-corrected chi connectivity index (χ1v) is 6.06. The van der Waals surface area contributed by atoms with E-state index in [2.05, 4.69) is 4.98 Å². The molecule has 0 fully saturated rings. The van der Waals surface area contributed by atoms with Crippen LogP contribution >= 0.6 is 0 Å². The molecule has 1 aromatic heterocycles. The molecule has 4 nitrogen and oxygen atoms in total. The zero-order valence-corrected chi connectivity index (χ0v) is 10.8.